The summed E-state index contributed by atoms with van der Waals surface area (Å²) in [6.45, 7) is 8.22. The first kappa shape index (κ1) is 20.4. The van der Waals surface area contributed by atoms with Crippen LogP contribution in [0.2, 0.25) is 0 Å². The van der Waals surface area contributed by atoms with Crippen LogP contribution in [0.15, 0.2) is 18.5 Å². The van der Waals surface area contributed by atoms with Crippen molar-refractivity contribution in [1.29, 1.82) is 0 Å². The van der Waals surface area contributed by atoms with Gasteiger partial charge in [-0.25, -0.2) is 4.79 Å². The van der Waals surface area contributed by atoms with E-state index < -0.39 is 11.4 Å². The topological polar surface area (TPSA) is 91.8 Å². The van der Waals surface area contributed by atoms with Gasteiger partial charge < -0.3 is 20.1 Å². The van der Waals surface area contributed by atoms with Gasteiger partial charge in [0.25, 0.3) is 0 Å². The molecular formula is C21H31N3O4. The second-order valence-electron chi connectivity index (χ2n) is 9.23. The van der Waals surface area contributed by atoms with Crippen LogP contribution < -0.4 is 10.1 Å². The van der Waals surface area contributed by atoms with Gasteiger partial charge in [0.2, 0.25) is 0 Å². The molecule has 0 unspecified atom stereocenters. The Kier molecular flexibility index (Phi) is 5.82. The normalized spacial score (nSPS) is 24.1. The number of likely N-dealkylation sites (tertiary alicyclic amines) is 1. The fraction of sp³-hybridized carbons (Fsp3) is 0.667. The first-order valence-corrected chi connectivity index (χ1v) is 10.0. The minimum atomic E-state index is -0.769. The monoisotopic (exact) mass is 389 g/mol. The van der Waals surface area contributed by atoms with Gasteiger partial charge >= 0.3 is 12.0 Å². The Morgan fingerprint density at radius 3 is 2.89 bits per heavy atom. The lowest BCUT2D eigenvalue weighted by molar-refractivity contribution is -0.149. The second-order valence-corrected chi connectivity index (χ2v) is 9.23. The van der Waals surface area contributed by atoms with E-state index in [2.05, 4.69) is 31.1 Å². The first-order valence-electron chi connectivity index (χ1n) is 10.0. The number of ether oxygens (including phenoxy) is 1. The predicted molar refractivity (Wildman–Crippen MR) is 105 cm³/mol. The highest BCUT2D eigenvalue weighted by molar-refractivity contribution is 5.80. The van der Waals surface area contributed by atoms with Gasteiger partial charge in [0.05, 0.1) is 18.2 Å². The van der Waals surface area contributed by atoms with E-state index in [-0.39, 0.29) is 17.4 Å². The number of nitrogens with one attached hydrogen (secondary N) is 1. The Labute approximate surface area is 166 Å². The SMILES string of the molecule is CC(C)(C)CCOc1cnccc1CNC(=O)N1C[C@@H]2CCC[C@@]2(C(=O)O)C1. The maximum atomic E-state index is 12.6. The molecule has 1 aliphatic carbocycles. The summed E-state index contributed by atoms with van der Waals surface area (Å²) in [5, 5.41) is 12.6. The molecule has 0 aromatic carbocycles. The molecular weight excluding hydrogens is 358 g/mol. The van der Waals surface area contributed by atoms with Crippen molar-refractivity contribution < 1.29 is 19.4 Å². The summed E-state index contributed by atoms with van der Waals surface area (Å²) >= 11 is 0. The van der Waals surface area contributed by atoms with Crippen LogP contribution in [-0.2, 0) is 11.3 Å². The molecule has 2 amide bonds. The summed E-state index contributed by atoms with van der Waals surface area (Å²) in [7, 11) is 0. The van der Waals surface area contributed by atoms with Crippen LogP contribution >= 0.6 is 0 Å². The van der Waals surface area contributed by atoms with Gasteiger partial charge in [0.15, 0.2) is 0 Å². The number of nitrogens with zero attached hydrogens (tertiary/aromatic N) is 2. The minimum absolute atomic E-state index is 0.0629. The standard InChI is InChI=1S/C21H31N3O4/c1-20(2,3)8-10-28-17-12-22-9-6-15(17)11-23-19(27)24-13-16-5-4-7-21(16,14-24)18(25)26/h6,9,12,16H,4-5,7-8,10-11,13-14H2,1-3H3,(H,23,27)(H,25,26)/t16-,21+/m0/s1. The molecule has 0 radical (unpaired) electrons. The molecule has 2 atom stereocenters. The number of hydrogen-bond donors (Lipinski definition) is 2. The summed E-state index contributed by atoms with van der Waals surface area (Å²) in [6.07, 6.45) is 6.74. The number of rotatable bonds is 6. The van der Waals surface area contributed by atoms with Crippen LogP contribution in [0.4, 0.5) is 4.79 Å². The van der Waals surface area contributed by atoms with E-state index in [1.807, 2.05) is 6.07 Å². The van der Waals surface area contributed by atoms with E-state index in [9.17, 15) is 14.7 Å². The van der Waals surface area contributed by atoms with Crippen molar-refractivity contribution in [1.82, 2.24) is 15.2 Å². The summed E-state index contributed by atoms with van der Waals surface area (Å²) in [6, 6.07) is 1.62. The van der Waals surface area contributed by atoms with E-state index in [0.29, 0.717) is 38.4 Å². The van der Waals surface area contributed by atoms with Gasteiger partial charge in [0, 0.05) is 31.4 Å². The van der Waals surface area contributed by atoms with Crippen LogP contribution in [0.25, 0.3) is 0 Å². The Morgan fingerprint density at radius 2 is 2.21 bits per heavy atom. The van der Waals surface area contributed by atoms with Crippen molar-refractivity contribution in [2.75, 3.05) is 19.7 Å². The van der Waals surface area contributed by atoms with Gasteiger partial charge in [-0.05, 0) is 36.7 Å². The highest BCUT2D eigenvalue weighted by Gasteiger charge is 2.55. The molecule has 2 aliphatic rings. The molecule has 28 heavy (non-hydrogen) atoms. The Bertz CT molecular complexity index is 731. The van der Waals surface area contributed by atoms with Gasteiger partial charge in [-0.3, -0.25) is 9.78 Å². The largest absolute Gasteiger partial charge is 0.492 e. The highest BCUT2D eigenvalue weighted by atomic mass is 16.5. The molecule has 0 spiro atoms. The Morgan fingerprint density at radius 1 is 1.43 bits per heavy atom. The fourth-order valence-electron chi connectivity index (χ4n) is 4.23. The van der Waals surface area contributed by atoms with Crippen LogP contribution in [0.5, 0.6) is 5.75 Å². The van der Waals surface area contributed by atoms with Crippen LogP contribution in [0.1, 0.15) is 52.0 Å². The molecule has 1 aromatic rings. The lowest BCUT2D eigenvalue weighted by Crippen LogP contribution is -2.41. The van der Waals surface area contributed by atoms with Crippen LogP contribution in [-0.4, -0.2) is 46.7 Å². The molecule has 2 heterocycles. The predicted octanol–water partition coefficient (Wildman–Crippen LogP) is 3.29. The molecule has 154 valence electrons. The summed E-state index contributed by atoms with van der Waals surface area (Å²) in [4.78, 5) is 30.2. The molecule has 0 bridgehead atoms. The molecule has 1 saturated heterocycles. The van der Waals surface area contributed by atoms with Crippen LogP contribution in [0.3, 0.4) is 0 Å². The third kappa shape index (κ3) is 4.39. The third-order valence-electron chi connectivity index (χ3n) is 5.99. The third-order valence-corrected chi connectivity index (χ3v) is 5.99. The molecule has 2 N–H and O–H groups in total. The molecule has 1 aliphatic heterocycles. The smallest absolute Gasteiger partial charge is 0.317 e. The Hall–Kier alpha value is -2.31. The second kappa shape index (κ2) is 7.97. The van der Waals surface area contributed by atoms with Gasteiger partial charge in [-0.15, -0.1) is 0 Å². The summed E-state index contributed by atoms with van der Waals surface area (Å²) in [5.41, 5.74) is 0.296. The zero-order chi connectivity index (χ0) is 20.4. The number of carbonyl (C=O) groups excluding carboxylic acids is 1. The van der Waals surface area contributed by atoms with Gasteiger partial charge in [0.1, 0.15) is 5.75 Å². The summed E-state index contributed by atoms with van der Waals surface area (Å²) in [5.74, 6) is -0.0331. The zero-order valence-corrected chi connectivity index (χ0v) is 17.0. The fourth-order valence-corrected chi connectivity index (χ4v) is 4.23. The molecule has 7 heteroatoms. The minimum Gasteiger partial charge on any atom is -0.492 e. The van der Waals surface area contributed by atoms with Gasteiger partial charge in [-0.1, -0.05) is 27.2 Å². The number of aliphatic carboxylic acids is 1. The van der Waals surface area contributed by atoms with Crippen molar-refractivity contribution >= 4 is 12.0 Å². The lowest BCUT2D eigenvalue weighted by Gasteiger charge is -2.23. The number of aromatic nitrogens is 1. The number of carboxylic acids is 1. The van der Waals surface area contributed by atoms with Crippen molar-refractivity contribution in [3.8, 4) is 5.75 Å². The molecule has 3 rings (SSSR count). The number of carboxylic acid groups (broad SMARTS) is 1. The Balaban J connectivity index is 1.56. The summed E-state index contributed by atoms with van der Waals surface area (Å²) < 4.78 is 5.87. The van der Waals surface area contributed by atoms with E-state index >= 15 is 0 Å². The average molecular weight is 389 g/mol. The molecule has 1 saturated carbocycles. The quantitative estimate of drug-likeness (QED) is 0.779. The van der Waals surface area contributed by atoms with Crippen molar-refractivity contribution in [3.63, 3.8) is 0 Å². The zero-order valence-electron chi connectivity index (χ0n) is 17.0. The van der Waals surface area contributed by atoms with E-state index in [1.54, 1.807) is 17.3 Å². The number of hydrogen-bond acceptors (Lipinski definition) is 4. The number of amides is 2. The molecule has 7 nitrogen and oxygen atoms in total. The highest BCUT2D eigenvalue weighted by Crippen LogP contribution is 2.48. The van der Waals surface area contributed by atoms with E-state index in [4.69, 9.17) is 4.74 Å². The maximum absolute atomic E-state index is 12.6. The lowest BCUT2D eigenvalue weighted by atomic mass is 9.81. The van der Waals surface area contributed by atoms with E-state index in [1.165, 1.54) is 0 Å². The van der Waals surface area contributed by atoms with E-state index in [0.717, 1.165) is 24.8 Å². The van der Waals surface area contributed by atoms with Crippen molar-refractivity contribution in [2.24, 2.45) is 16.7 Å². The van der Waals surface area contributed by atoms with Gasteiger partial charge in [-0.2, -0.15) is 0 Å². The molecule has 2 fully saturated rings. The molecule has 1 aromatic heterocycles. The first-order chi connectivity index (χ1) is 13.2. The average Bonchev–Trinajstić information content (AvgIpc) is 3.18. The number of carbonyl (C=O) groups is 2. The number of urea groups is 1. The van der Waals surface area contributed by atoms with Crippen molar-refractivity contribution in [3.05, 3.63) is 24.0 Å². The van der Waals surface area contributed by atoms with Crippen molar-refractivity contribution in [2.45, 2.75) is 53.0 Å². The number of fused-ring (bicyclic) bond motifs is 1. The number of pyridine rings is 1. The van der Waals surface area contributed by atoms with Crippen LogP contribution in [0, 0.1) is 16.7 Å². The maximum Gasteiger partial charge on any atom is 0.317 e.